The van der Waals surface area contributed by atoms with Crippen LogP contribution in [-0.4, -0.2) is 68.7 Å². The first-order valence-electron chi connectivity index (χ1n) is 9.86. The number of ether oxygens (including phenoxy) is 2. The lowest BCUT2D eigenvalue weighted by atomic mass is 10.2. The van der Waals surface area contributed by atoms with Gasteiger partial charge in [-0.3, -0.25) is 14.6 Å². The highest BCUT2D eigenvalue weighted by molar-refractivity contribution is 6.32. The number of hydrogen-bond donors (Lipinski definition) is 1. The summed E-state index contributed by atoms with van der Waals surface area (Å²) in [6.07, 6.45) is 0. The molecule has 29 heavy (non-hydrogen) atoms. The average molecular weight is 418 g/mol. The molecule has 0 unspecified atom stereocenters. The van der Waals surface area contributed by atoms with Gasteiger partial charge in [0.25, 0.3) is 0 Å². The Bertz CT molecular complexity index is 777. The number of para-hydroxylation sites is 1. The largest absolute Gasteiger partial charge is 0.497 e. The Hall–Kier alpha value is -2.28. The Morgan fingerprint density at radius 3 is 2.41 bits per heavy atom. The van der Waals surface area contributed by atoms with Crippen LogP contribution < -0.4 is 14.8 Å². The molecule has 0 aliphatic carbocycles. The van der Waals surface area contributed by atoms with Crippen molar-refractivity contribution in [3.63, 3.8) is 0 Å². The Kier molecular flexibility index (Phi) is 8.16. The monoisotopic (exact) mass is 417 g/mol. The number of carbonyl (C=O) groups excluding carboxylic acids is 1. The molecule has 0 saturated carbocycles. The topological polar surface area (TPSA) is 54.0 Å². The number of nitrogens with zero attached hydrogens (tertiary/aromatic N) is 2. The lowest BCUT2D eigenvalue weighted by molar-refractivity contribution is -0.122. The van der Waals surface area contributed by atoms with E-state index in [-0.39, 0.29) is 5.91 Å². The van der Waals surface area contributed by atoms with Crippen molar-refractivity contribution in [1.82, 2.24) is 15.1 Å². The van der Waals surface area contributed by atoms with Gasteiger partial charge in [0.15, 0.2) is 0 Å². The third-order valence-electron chi connectivity index (χ3n) is 4.98. The van der Waals surface area contributed by atoms with E-state index in [0.717, 1.165) is 49.8 Å². The summed E-state index contributed by atoms with van der Waals surface area (Å²) in [5.74, 6) is 1.59. The fourth-order valence-corrected chi connectivity index (χ4v) is 3.41. The molecule has 0 atom stereocenters. The smallest absolute Gasteiger partial charge is 0.234 e. The van der Waals surface area contributed by atoms with Gasteiger partial charge in [0.1, 0.15) is 18.1 Å². The van der Waals surface area contributed by atoms with Gasteiger partial charge < -0.3 is 14.8 Å². The van der Waals surface area contributed by atoms with Crippen LogP contribution in [0.4, 0.5) is 0 Å². The van der Waals surface area contributed by atoms with Crippen molar-refractivity contribution in [2.45, 2.75) is 6.54 Å². The zero-order chi connectivity index (χ0) is 20.5. The highest BCUT2D eigenvalue weighted by Gasteiger charge is 2.18. The summed E-state index contributed by atoms with van der Waals surface area (Å²) in [5, 5.41) is 3.62. The maximum absolute atomic E-state index is 12.2. The maximum atomic E-state index is 12.2. The first-order chi connectivity index (χ1) is 14.1. The summed E-state index contributed by atoms with van der Waals surface area (Å²) in [4.78, 5) is 16.8. The number of rotatable bonds is 9. The van der Waals surface area contributed by atoms with E-state index < -0.39 is 0 Å². The number of amides is 1. The van der Waals surface area contributed by atoms with E-state index in [4.69, 9.17) is 21.1 Å². The summed E-state index contributed by atoms with van der Waals surface area (Å²) >= 11 is 6.10. The van der Waals surface area contributed by atoms with Gasteiger partial charge in [-0.05, 0) is 29.8 Å². The van der Waals surface area contributed by atoms with E-state index in [1.165, 1.54) is 0 Å². The molecule has 1 aliphatic heterocycles. The Morgan fingerprint density at radius 2 is 1.72 bits per heavy atom. The molecule has 6 nitrogen and oxygen atoms in total. The molecule has 0 spiro atoms. The van der Waals surface area contributed by atoms with Crippen LogP contribution in [0.2, 0.25) is 5.02 Å². The number of nitrogens with one attached hydrogen (secondary N) is 1. The van der Waals surface area contributed by atoms with Crippen LogP contribution in [0.15, 0.2) is 48.5 Å². The number of piperazine rings is 1. The van der Waals surface area contributed by atoms with E-state index in [1.54, 1.807) is 7.11 Å². The molecule has 1 saturated heterocycles. The molecule has 1 aliphatic rings. The van der Waals surface area contributed by atoms with Crippen molar-refractivity contribution < 1.29 is 14.3 Å². The molecular formula is C22H28ClN3O3. The van der Waals surface area contributed by atoms with E-state index in [2.05, 4.69) is 15.1 Å². The molecule has 1 N–H and O–H groups in total. The quantitative estimate of drug-likeness (QED) is 0.679. The van der Waals surface area contributed by atoms with Crippen molar-refractivity contribution in [2.24, 2.45) is 0 Å². The highest BCUT2D eigenvalue weighted by Crippen LogP contribution is 2.22. The van der Waals surface area contributed by atoms with Crippen molar-refractivity contribution >= 4 is 17.5 Å². The predicted molar refractivity (Wildman–Crippen MR) is 115 cm³/mol. The highest BCUT2D eigenvalue weighted by atomic mass is 35.5. The van der Waals surface area contributed by atoms with Gasteiger partial charge in [0.2, 0.25) is 5.91 Å². The third kappa shape index (κ3) is 6.92. The van der Waals surface area contributed by atoms with Crippen LogP contribution in [0, 0.1) is 0 Å². The predicted octanol–water partition coefficient (Wildman–Crippen LogP) is 2.66. The van der Waals surface area contributed by atoms with E-state index >= 15 is 0 Å². The Balaban J connectivity index is 1.30. The molecule has 2 aromatic carbocycles. The van der Waals surface area contributed by atoms with E-state index in [9.17, 15) is 4.79 Å². The van der Waals surface area contributed by atoms with Crippen molar-refractivity contribution in [3.05, 3.63) is 59.1 Å². The zero-order valence-corrected chi connectivity index (χ0v) is 17.5. The summed E-state index contributed by atoms with van der Waals surface area (Å²) < 4.78 is 10.9. The molecular weight excluding hydrogens is 390 g/mol. The fraction of sp³-hybridized carbons (Fsp3) is 0.409. The normalized spacial score (nSPS) is 15.1. The summed E-state index contributed by atoms with van der Waals surface area (Å²) in [5.41, 5.74) is 1.06. The summed E-state index contributed by atoms with van der Waals surface area (Å²) in [6.45, 7) is 6.02. The van der Waals surface area contributed by atoms with E-state index in [1.807, 2.05) is 48.5 Å². The number of methoxy groups -OCH3 is 1. The number of benzene rings is 2. The minimum Gasteiger partial charge on any atom is -0.497 e. The van der Waals surface area contributed by atoms with Gasteiger partial charge >= 0.3 is 0 Å². The van der Waals surface area contributed by atoms with Gasteiger partial charge in [-0.25, -0.2) is 0 Å². The van der Waals surface area contributed by atoms with Crippen LogP contribution in [-0.2, 0) is 11.3 Å². The van der Waals surface area contributed by atoms with Gasteiger partial charge in [0.05, 0.1) is 18.7 Å². The van der Waals surface area contributed by atoms with Crippen molar-refractivity contribution in [2.75, 3.05) is 53.0 Å². The van der Waals surface area contributed by atoms with Crippen LogP contribution in [0.1, 0.15) is 5.56 Å². The molecule has 0 aromatic heterocycles. The molecule has 3 rings (SSSR count). The minimum absolute atomic E-state index is 0.0521. The Morgan fingerprint density at radius 1 is 1.03 bits per heavy atom. The van der Waals surface area contributed by atoms with Gasteiger partial charge in [0, 0.05) is 39.3 Å². The standard InChI is InChI=1S/C22H28ClN3O3/c1-28-19-8-6-18(7-9-19)16-24-22(27)17-26-12-10-25(11-13-26)14-15-29-21-5-3-2-4-20(21)23/h2-9H,10-17H2,1H3,(H,24,27). The zero-order valence-electron chi connectivity index (χ0n) is 16.8. The molecule has 1 amide bonds. The third-order valence-corrected chi connectivity index (χ3v) is 5.29. The second kappa shape index (κ2) is 11.0. The first-order valence-corrected chi connectivity index (χ1v) is 10.2. The molecule has 0 bridgehead atoms. The van der Waals surface area contributed by atoms with Gasteiger partial charge in [-0.1, -0.05) is 35.9 Å². The van der Waals surface area contributed by atoms with Crippen molar-refractivity contribution in [1.29, 1.82) is 0 Å². The fourth-order valence-electron chi connectivity index (χ4n) is 3.22. The molecule has 2 aromatic rings. The number of hydrogen-bond acceptors (Lipinski definition) is 5. The molecule has 156 valence electrons. The van der Waals surface area contributed by atoms with Gasteiger partial charge in [-0.2, -0.15) is 0 Å². The average Bonchev–Trinajstić information content (AvgIpc) is 2.75. The second-order valence-corrected chi connectivity index (χ2v) is 7.43. The maximum Gasteiger partial charge on any atom is 0.234 e. The number of halogens is 1. The van der Waals surface area contributed by atoms with Crippen molar-refractivity contribution in [3.8, 4) is 11.5 Å². The summed E-state index contributed by atoms with van der Waals surface area (Å²) in [7, 11) is 1.64. The van der Waals surface area contributed by atoms with Crippen LogP contribution in [0.25, 0.3) is 0 Å². The number of carbonyl (C=O) groups is 1. The van der Waals surface area contributed by atoms with Crippen LogP contribution in [0.3, 0.4) is 0 Å². The van der Waals surface area contributed by atoms with Crippen LogP contribution in [0.5, 0.6) is 11.5 Å². The molecule has 1 heterocycles. The lowest BCUT2D eigenvalue weighted by Crippen LogP contribution is -2.50. The lowest BCUT2D eigenvalue weighted by Gasteiger charge is -2.34. The van der Waals surface area contributed by atoms with E-state index in [0.29, 0.717) is 24.7 Å². The van der Waals surface area contributed by atoms with Crippen LogP contribution >= 0.6 is 11.6 Å². The molecule has 7 heteroatoms. The first kappa shape index (κ1) is 21.4. The minimum atomic E-state index is 0.0521. The van der Waals surface area contributed by atoms with Gasteiger partial charge in [-0.15, -0.1) is 0 Å². The molecule has 1 fully saturated rings. The SMILES string of the molecule is COc1ccc(CNC(=O)CN2CCN(CCOc3ccccc3Cl)CC2)cc1. The summed E-state index contributed by atoms with van der Waals surface area (Å²) in [6, 6.07) is 15.2. The second-order valence-electron chi connectivity index (χ2n) is 7.02. The Labute approximate surface area is 177 Å². The molecule has 0 radical (unpaired) electrons.